The van der Waals surface area contributed by atoms with Crippen molar-refractivity contribution in [1.29, 1.82) is 0 Å². The van der Waals surface area contributed by atoms with E-state index in [-0.39, 0.29) is 19.8 Å². The number of esters is 3. The minimum atomic E-state index is -2.26. The highest BCUT2D eigenvalue weighted by Crippen LogP contribution is 2.20. The van der Waals surface area contributed by atoms with Gasteiger partial charge >= 0.3 is 17.9 Å². The maximum atomic E-state index is 12.3. The summed E-state index contributed by atoms with van der Waals surface area (Å²) in [5.74, 6) is -2.50. The molecule has 0 aliphatic carbocycles. The highest BCUT2D eigenvalue weighted by molar-refractivity contribution is 5.90. The fourth-order valence-corrected chi connectivity index (χ4v) is 2.22. The molecule has 0 aromatic rings. The number of hydrogen-bond donors (Lipinski definition) is 1. The average Bonchev–Trinajstić information content (AvgIpc) is 2.60. The number of rotatable bonds is 15. The van der Waals surface area contributed by atoms with Gasteiger partial charge in [-0.05, 0) is 19.3 Å². The van der Waals surface area contributed by atoms with Crippen LogP contribution in [0.3, 0.4) is 0 Å². The van der Waals surface area contributed by atoms with E-state index in [0.29, 0.717) is 19.3 Å². The molecule has 152 valence electrons. The Morgan fingerprint density at radius 1 is 0.692 bits per heavy atom. The molecule has 0 saturated heterocycles. The van der Waals surface area contributed by atoms with Crippen molar-refractivity contribution in [3.05, 3.63) is 0 Å². The average molecular weight is 374 g/mol. The topological polar surface area (TPSA) is 99.1 Å². The van der Waals surface area contributed by atoms with Crippen LogP contribution >= 0.6 is 0 Å². The number of unbranched alkanes of at least 4 members (excludes halogenated alkanes) is 4. The molecule has 0 aliphatic heterocycles. The molecule has 0 amide bonds. The molecule has 0 aromatic carbocycles. The van der Waals surface area contributed by atoms with Crippen molar-refractivity contribution >= 4 is 17.9 Å². The third-order valence-electron chi connectivity index (χ3n) is 3.67. The van der Waals surface area contributed by atoms with E-state index in [4.69, 9.17) is 14.2 Å². The van der Waals surface area contributed by atoms with Gasteiger partial charge in [0.15, 0.2) is 5.60 Å². The summed E-state index contributed by atoms with van der Waals surface area (Å²) in [7, 11) is 0. The standard InChI is InChI=1S/C19H34O7/c1-4-7-8-9-10-13-26-18(22)19(23,14-16(20)24-11-5-2)15-17(21)25-12-6-3/h23H,4-15H2,1-3H3. The van der Waals surface area contributed by atoms with Gasteiger partial charge in [0.05, 0.1) is 32.7 Å². The zero-order valence-corrected chi connectivity index (χ0v) is 16.4. The van der Waals surface area contributed by atoms with Gasteiger partial charge in [0.2, 0.25) is 0 Å². The molecule has 0 fully saturated rings. The summed E-state index contributed by atoms with van der Waals surface area (Å²) in [4.78, 5) is 35.9. The zero-order chi connectivity index (χ0) is 19.8. The third kappa shape index (κ3) is 11.1. The number of carbonyl (C=O) groups excluding carboxylic acids is 3. The fourth-order valence-electron chi connectivity index (χ4n) is 2.22. The normalized spacial score (nSPS) is 11.1. The predicted molar refractivity (Wildman–Crippen MR) is 96.4 cm³/mol. The van der Waals surface area contributed by atoms with Crippen molar-refractivity contribution in [2.45, 2.75) is 84.2 Å². The van der Waals surface area contributed by atoms with E-state index in [0.717, 1.165) is 25.7 Å². The second kappa shape index (κ2) is 14.5. The van der Waals surface area contributed by atoms with E-state index in [1.54, 1.807) is 0 Å². The van der Waals surface area contributed by atoms with Crippen molar-refractivity contribution in [3.8, 4) is 0 Å². The second-order valence-electron chi connectivity index (χ2n) is 6.38. The van der Waals surface area contributed by atoms with Crippen LogP contribution in [0.5, 0.6) is 0 Å². The Labute approximate surface area is 156 Å². The van der Waals surface area contributed by atoms with Crippen molar-refractivity contribution in [1.82, 2.24) is 0 Å². The highest BCUT2D eigenvalue weighted by atomic mass is 16.6. The second-order valence-corrected chi connectivity index (χ2v) is 6.38. The van der Waals surface area contributed by atoms with Gasteiger partial charge in [0.25, 0.3) is 0 Å². The van der Waals surface area contributed by atoms with Crippen molar-refractivity contribution in [2.24, 2.45) is 0 Å². The van der Waals surface area contributed by atoms with E-state index in [9.17, 15) is 19.5 Å². The number of ether oxygens (including phenoxy) is 3. The first-order valence-electron chi connectivity index (χ1n) is 9.60. The van der Waals surface area contributed by atoms with E-state index < -0.39 is 36.4 Å². The van der Waals surface area contributed by atoms with Crippen LogP contribution in [0.4, 0.5) is 0 Å². The molecule has 0 rings (SSSR count). The zero-order valence-electron chi connectivity index (χ0n) is 16.4. The lowest BCUT2D eigenvalue weighted by atomic mass is 9.95. The molecule has 0 aromatic heterocycles. The lowest BCUT2D eigenvalue weighted by Crippen LogP contribution is -2.45. The number of aliphatic hydroxyl groups is 1. The minimum absolute atomic E-state index is 0.138. The molecule has 26 heavy (non-hydrogen) atoms. The van der Waals surface area contributed by atoms with E-state index in [1.165, 1.54) is 0 Å². The van der Waals surface area contributed by atoms with Gasteiger partial charge in [-0.25, -0.2) is 4.79 Å². The van der Waals surface area contributed by atoms with Crippen molar-refractivity contribution in [3.63, 3.8) is 0 Å². The Morgan fingerprint density at radius 3 is 1.65 bits per heavy atom. The van der Waals surface area contributed by atoms with Crippen molar-refractivity contribution in [2.75, 3.05) is 19.8 Å². The Balaban J connectivity index is 4.69. The lowest BCUT2D eigenvalue weighted by Gasteiger charge is -2.24. The molecule has 7 nitrogen and oxygen atoms in total. The summed E-state index contributed by atoms with van der Waals surface area (Å²) < 4.78 is 14.9. The SMILES string of the molecule is CCCCCCCOC(=O)C(O)(CC(=O)OCCC)CC(=O)OCCC. The maximum absolute atomic E-state index is 12.3. The largest absolute Gasteiger partial charge is 0.466 e. The summed E-state index contributed by atoms with van der Waals surface area (Å²) >= 11 is 0. The van der Waals surface area contributed by atoms with Gasteiger partial charge in [-0.1, -0.05) is 46.5 Å². The molecule has 0 bridgehead atoms. The van der Waals surface area contributed by atoms with Crippen LogP contribution in [0.1, 0.15) is 78.6 Å². The molecule has 0 spiro atoms. The van der Waals surface area contributed by atoms with Crippen LogP contribution in [-0.4, -0.2) is 48.4 Å². The molecule has 7 heteroatoms. The minimum Gasteiger partial charge on any atom is -0.466 e. The Morgan fingerprint density at radius 2 is 1.19 bits per heavy atom. The summed E-state index contributed by atoms with van der Waals surface area (Å²) in [6, 6.07) is 0. The molecule has 0 atom stereocenters. The third-order valence-corrected chi connectivity index (χ3v) is 3.67. The Kier molecular flexibility index (Phi) is 13.6. The molecule has 0 aliphatic rings. The first-order chi connectivity index (χ1) is 12.4. The molecule has 0 saturated carbocycles. The predicted octanol–water partition coefficient (Wildman–Crippen LogP) is 2.92. The summed E-state index contributed by atoms with van der Waals surface area (Å²) in [6.45, 7) is 6.26. The first-order valence-corrected chi connectivity index (χ1v) is 9.60. The van der Waals surface area contributed by atoms with Gasteiger partial charge in [0.1, 0.15) is 0 Å². The quantitative estimate of drug-likeness (QED) is 0.267. The van der Waals surface area contributed by atoms with Crippen molar-refractivity contribution < 1.29 is 33.7 Å². The van der Waals surface area contributed by atoms with Crippen LogP contribution in [0.25, 0.3) is 0 Å². The highest BCUT2D eigenvalue weighted by Gasteiger charge is 2.43. The maximum Gasteiger partial charge on any atom is 0.339 e. The molecule has 0 radical (unpaired) electrons. The van der Waals surface area contributed by atoms with Crippen LogP contribution in [0, 0.1) is 0 Å². The smallest absolute Gasteiger partial charge is 0.339 e. The first kappa shape index (κ1) is 24.4. The van der Waals surface area contributed by atoms with Crippen LogP contribution in [-0.2, 0) is 28.6 Å². The van der Waals surface area contributed by atoms with Gasteiger partial charge in [-0.3, -0.25) is 9.59 Å². The van der Waals surface area contributed by atoms with Gasteiger partial charge in [0, 0.05) is 0 Å². The van der Waals surface area contributed by atoms with Crippen LogP contribution < -0.4 is 0 Å². The molecule has 0 unspecified atom stereocenters. The van der Waals surface area contributed by atoms with E-state index in [1.807, 2.05) is 13.8 Å². The lowest BCUT2D eigenvalue weighted by molar-refractivity contribution is -0.178. The summed E-state index contributed by atoms with van der Waals surface area (Å²) in [5, 5.41) is 10.6. The van der Waals surface area contributed by atoms with E-state index >= 15 is 0 Å². The molecule has 1 N–H and O–H groups in total. The van der Waals surface area contributed by atoms with Gasteiger partial charge < -0.3 is 19.3 Å². The fraction of sp³-hybridized carbons (Fsp3) is 0.842. The monoisotopic (exact) mass is 374 g/mol. The van der Waals surface area contributed by atoms with Gasteiger partial charge in [-0.2, -0.15) is 0 Å². The van der Waals surface area contributed by atoms with E-state index in [2.05, 4.69) is 6.92 Å². The Hall–Kier alpha value is -1.63. The van der Waals surface area contributed by atoms with Crippen LogP contribution in [0.15, 0.2) is 0 Å². The summed E-state index contributed by atoms with van der Waals surface area (Å²) in [5.41, 5.74) is -2.26. The summed E-state index contributed by atoms with van der Waals surface area (Å²) in [6.07, 6.45) is 4.81. The molecular weight excluding hydrogens is 340 g/mol. The number of carbonyl (C=O) groups is 3. The molecule has 0 heterocycles. The molecular formula is C19H34O7. The van der Waals surface area contributed by atoms with Gasteiger partial charge in [-0.15, -0.1) is 0 Å². The number of hydrogen-bond acceptors (Lipinski definition) is 7. The van der Waals surface area contributed by atoms with Crippen LogP contribution in [0.2, 0.25) is 0 Å². The Bertz CT molecular complexity index is 398.